The Labute approximate surface area is 96.2 Å². The van der Waals surface area contributed by atoms with Gasteiger partial charge in [-0.2, -0.15) is 4.31 Å². The first-order valence-corrected chi connectivity index (χ1v) is 6.62. The number of hydrogen-bond acceptors (Lipinski definition) is 4. The predicted octanol–water partition coefficient (Wildman–Crippen LogP) is 0.148. The molecule has 0 aromatic rings. The monoisotopic (exact) mass is 253 g/mol. The zero-order valence-corrected chi connectivity index (χ0v) is 10.7. The number of rotatable bonds is 8. The summed E-state index contributed by atoms with van der Waals surface area (Å²) in [4.78, 5) is 10.4. The Hall–Kier alpha value is -0.660. The molecular formula is C9H19NO5S. The van der Waals surface area contributed by atoms with E-state index in [2.05, 4.69) is 0 Å². The molecule has 0 aliphatic heterocycles. The van der Waals surface area contributed by atoms with Crippen LogP contribution >= 0.6 is 0 Å². The Bertz CT molecular complexity index is 312. The standard InChI is InChI=1S/C9H19NO5S/c1-8(2)10(5-4-9(11)12)16(13,14)7-6-15-3/h8H,4-7H2,1-3H3,(H,11,12). The number of ether oxygens (including phenoxy) is 1. The summed E-state index contributed by atoms with van der Waals surface area (Å²) in [6.45, 7) is 3.54. The van der Waals surface area contributed by atoms with Crippen LogP contribution in [0.4, 0.5) is 0 Å². The van der Waals surface area contributed by atoms with Crippen LogP contribution in [0.25, 0.3) is 0 Å². The van der Waals surface area contributed by atoms with E-state index in [1.165, 1.54) is 11.4 Å². The zero-order chi connectivity index (χ0) is 12.8. The minimum atomic E-state index is -3.43. The summed E-state index contributed by atoms with van der Waals surface area (Å²) in [5.74, 6) is -1.13. The summed E-state index contributed by atoms with van der Waals surface area (Å²) in [5.41, 5.74) is 0. The number of carboxylic acid groups (broad SMARTS) is 1. The van der Waals surface area contributed by atoms with Crippen LogP contribution in [0.1, 0.15) is 20.3 Å². The van der Waals surface area contributed by atoms with Crippen LogP contribution in [0.5, 0.6) is 0 Å². The third-order valence-corrected chi connectivity index (χ3v) is 4.03. The number of sulfonamides is 1. The minimum absolute atomic E-state index is 0.000945. The maximum atomic E-state index is 11.8. The average Bonchev–Trinajstić information content (AvgIpc) is 2.13. The quantitative estimate of drug-likeness (QED) is 0.665. The molecule has 0 aliphatic rings. The van der Waals surface area contributed by atoms with E-state index in [1.54, 1.807) is 13.8 Å². The molecule has 0 rings (SSSR count). The Balaban J connectivity index is 4.57. The first kappa shape index (κ1) is 15.3. The highest BCUT2D eigenvalue weighted by molar-refractivity contribution is 7.89. The molecule has 0 bridgehead atoms. The second-order valence-electron chi connectivity index (χ2n) is 3.66. The number of nitrogens with zero attached hydrogens (tertiary/aromatic N) is 1. The van der Waals surface area contributed by atoms with Gasteiger partial charge in [0.1, 0.15) is 0 Å². The van der Waals surface area contributed by atoms with Crippen LogP contribution in [0, 0.1) is 0 Å². The molecule has 0 amide bonds. The molecule has 0 aromatic heterocycles. The highest BCUT2D eigenvalue weighted by Crippen LogP contribution is 2.08. The molecule has 6 nitrogen and oxygen atoms in total. The largest absolute Gasteiger partial charge is 0.481 e. The fourth-order valence-corrected chi connectivity index (χ4v) is 2.85. The van der Waals surface area contributed by atoms with E-state index in [0.717, 1.165) is 0 Å². The summed E-state index contributed by atoms with van der Waals surface area (Å²) in [6.07, 6.45) is -0.190. The number of hydrogen-bond donors (Lipinski definition) is 1. The van der Waals surface area contributed by atoms with Crippen LogP contribution in [-0.2, 0) is 19.6 Å². The van der Waals surface area contributed by atoms with Gasteiger partial charge in [-0.15, -0.1) is 0 Å². The molecule has 0 atom stereocenters. The molecule has 0 heterocycles. The molecule has 7 heteroatoms. The van der Waals surface area contributed by atoms with Gasteiger partial charge in [-0.3, -0.25) is 4.79 Å². The van der Waals surface area contributed by atoms with Crippen LogP contribution in [0.3, 0.4) is 0 Å². The predicted molar refractivity (Wildman–Crippen MR) is 59.8 cm³/mol. The number of aliphatic carboxylic acids is 1. The minimum Gasteiger partial charge on any atom is -0.481 e. The van der Waals surface area contributed by atoms with E-state index >= 15 is 0 Å². The zero-order valence-electron chi connectivity index (χ0n) is 9.84. The Kier molecular flexibility index (Phi) is 6.54. The molecule has 0 radical (unpaired) electrons. The highest BCUT2D eigenvalue weighted by atomic mass is 32.2. The summed E-state index contributed by atoms with van der Waals surface area (Å²) in [7, 11) is -2.01. The van der Waals surface area contributed by atoms with Crippen molar-refractivity contribution in [3.8, 4) is 0 Å². The van der Waals surface area contributed by atoms with Gasteiger partial charge in [-0.1, -0.05) is 0 Å². The van der Waals surface area contributed by atoms with Crippen molar-refractivity contribution in [1.29, 1.82) is 0 Å². The fraction of sp³-hybridized carbons (Fsp3) is 0.889. The van der Waals surface area contributed by atoms with Gasteiger partial charge in [0, 0.05) is 19.7 Å². The Morgan fingerprint density at radius 1 is 1.44 bits per heavy atom. The first-order chi connectivity index (χ1) is 7.31. The Morgan fingerprint density at radius 3 is 2.38 bits per heavy atom. The van der Waals surface area contributed by atoms with Gasteiger partial charge in [0.2, 0.25) is 10.0 Å². The molecule has 96 valence electrons. The van der Waals surface area contributed by atoms with E-state index in [0.29, 0.717) is 0 Å². The maximum Gasteiger partial charge on any atom is 0.304 e. The highest BCUT2D eigenvalue weighted by Gasteiger charge is 2.24. The van der Waals surface area contributed by atoms with Gasteiger partial charge >= 0.3 is 5.97 Å². The molecule has 0 spiro atoms. The summed E-state index contributed by atoms with van der Waals surface area (Å²) >= 11 is 0. The third kappa shape index (κ3) is 5.43. The van der Waals surface area contributed by atoms with Gasteiger partial charge in [-0.25, -0.2) is 8.42 Å². The van der Waals surface area contributed by atoms with Crippen molar-refractivity contribution in [2.24, 2.45) is 0 Å². The van der Waals surface area contributed by atoms with Gasteiger partial charge in [0.15, 0.2) is 0 Å². The second-order valence-corrected chi connectivity index (χ2v) is 5.70. The fourth-order valence-electron chi connectivity index (χ4n) is 1.23. The van der Waals surface area contributed by atoms with E-state index in [-0.39, 0.29) is 31.4 Å². The summed E-state index contributed by atoms with van der Waals surface area (Å²) in [6, 6.07) is -0.249. The molecule has 0 saturated heterocycles. The molecule has 1 N–H and O–H groups in total. The SMILES string of the molecule is COCCS(=O)(=O)N(CCC(=O)O)C(C)C. The van der Waals surface area contributed by atoms with E-state index in [4.69, 9.17) is 9.84 Å². The molecule has 0 saturated carbocycles. The van der Waals surface area contributed by atoms with Crippen molar-refractivity contribution in [3.05, 3.63) is 0 Å². The van der Waals surface area contributed by atoms with Gasteiger partial charge in [0.25, 0.3) is 0 Å². The van der Waals surface area contributed by atoms with Crippen LogP contribution in [0.2, 0.25) is 0 Å². The molecule has 0 unspecified atom stereocenters. The van der Waals surface area contributed by atoms with Crippen molar-refractivity contribution in [1.82, 2.24) is 4.31 Å². The third-order valence-electron chi connectivity index (χ3n) is 2.02. The lowest BCUT2D eigenvalue weighted by Crippen LogP contribution is -2.40. The smallest absolute Gasteiger partial charge is 0.304 e. The summed E-state index contributed by atoms with van der Waals surface area (Å²) < 4.78 is 29.5. The Morgan fingerprint density at radius 2 is 2.00 bits per heavy atom. The second kappa shape index (κ2) is 6.82. The lowest BCUT2D eigenvalue weighted by Gasteiger charge is -2.25. The maximum absolute atomic E-state index is 11.8. The number of carbonyl (C=O) groups is 1. The van der Waals surface area contributed by atoms with Crippen molar-refractivity contribution < 1.29 is 23.1 Å². The van der Waals surface area contributed by atoms with Crippen LogP contribution in [0.15, 0.2) is 0 Å². The van der Waals surface area contributed by atoms with Gasteiger partial charge in [0.05, 0.1) is 18.8 Å². The number of methoxy groups -OCH3 is 1. The van der Waals surface area contributed by atoms with Crippen molar-refractivity contribution in [2.45, 2.75) is 26.3 Å². The topological polar surface area (TPSA) is 83.9 Å². The number of carboxylic acids is 1. The first-order valence-electron chi connectivity index (χ1n) is 5.01. The van der Waals surface area contributed by atoms with Gasteiger partial charge < -0.3 is 9.84 Å². The lowest BCUT2D eigenvalue weighted by atomic mass is 10.3. The van der Waals surface area contributed by atoms with E-state index in [9.17, 15) is 13.2 Å². The van der Waals surface area contributed by atoms with Gasteiger partial charge in [-0.05, 0) is 13.8 Å². The molecule has 0 aliphatic carbocycles. The lowest BCUT2D eigenvalue weighted by molar-refractivity contribution is -0.137. The van der Waals surface area contributed by atoms with Crippen LogP contribution < -0.4 is 0 Å². The van der Waals surface area contributed by atoms with Crippen LogP contribution in [-0.4, -0.2) is 55.9 Å². The van der Waals surface area contributed by atoms with Crippen molar-refractivity contribution in [3.63, 3.8) is 0 Å². The van der Waals surface area contributed by atoms with E-state index < -0.39 is 16.0 Å². The van der Waals surface area contributed by atoms with Crippen molar-refractivity contribution >= 4 is 16.0 Å². The molecule has 16 heavy (non-hydrogen) atoms. The van der Waals surface area contributed by atoms with E-state index in [1.807, 2.05) is 0 Å². The average molecular weight is 253 g/mol. The molecule has 0 aromatic carbocycles. The summed E-state index contributed by atoms with van der Waals surface area (Å²) in [5, 5.41) is 8.54. The van der Waals surface area contributed by atoms with Crippen molar-refractivity contribution in [2.75, 3.05) is 26.0 Å². The molecule has 0 fully saturated rings. The normalized spacial score (nSPS) is 12.3. The molecular weight excluding hydrogens is 234 g/mol.